The van der Waals surface area contributed by atoms with Gasteiger partial charge in [0.25, 0.3) is 11.7 Å². The molecule has 0 bridgehead atoms. The number of amides is 1. The van der Waals surface area contributed by atoms with Crippen molar-refractivity contribution in [3.8, 4) is 5.75 Å². The number of carbonyl (C=O) groups is 2. The fraction of sp³-hybridized carbons (Fsp3) is 0.364. The molecule has 1 aliphatic heterocycles. The smallest absolute Gasteiger partial charge is 0.295 e. The van der Waals surface area contributed by atoms with Gasteiger partial charge in [-0.25, -0.2) is 0 Å². The van der Waals surface area contributed by atoms with Crippen LogP contribution in [0.5, 0.6) is 5.75 Å². The molecule has 1 fully saturated rings. The zero-order valence-electron chi connectivity index (χ0n) is 17.0. The molecule has 1 aliphatic rings. The highest BCUT2D eigenvalue weighted by atomic mass is 32.1. The lowest BCUT2D eigenvalue weighted by molar-refractivity contribution is -0.140. The number of hydrogen-bond donors (Lipinski definition) is 1. The summed E-state index contributed by atoms with van der Waals surface area (Å²) in [7, 11) is 1.54. The van der Waals surface area contributed by atoms with Crippen LogP contribution >= 0.6 is 11.3 Å². The first-order chi connectivity index (χ1) is 13.8. The lowest BCUT2D eigenvalue weighted by atomic mass is 9.98. The van der Waals surface area contributed by atoms with E-state index in [4.69, 9.17) is 9.47 Å². The van der Waals surface area contributed by atoms with Crippen LogP contribution in [0.25, 0.3) is 5.76 Å². The van der Waals surface area contributed by atoms with E-state index in [1.807, 2.05) is 38.3 Å². The quantitative estimate of drug-likeness (QED) is 0.422. The molecule has 1 aromatic carbocycles. The fourth-order valence-corrected chi connectivity index (χ4v) is 4.23. The Kier molecular flexibility index (Phi) is 6.39. The van der Waals surface area contributed by atoms with Crippen molar-refractivity contribution in [2.45, 2.75) is 32.9 Å². The molecule has 6 nitrogen and oxygen atoms in total. The maximum Gasteiger partial charge on any atom is 0.295 e. The van der Waals surface area contributed by atoms with E-state index in [1.165, 1.54) is 16.2 Å². The van der Waals surface area contributed by atoms with E-state index < -0.39 is 17.7 Å². The average Bonchev–Trinajstić information content (AvgIpc) is 3.29. The Morgan fingerprint density at radius 1 is 1.28 bits per heavy atom. The number of aryl methyl sites for hydroxylation is 1. The summed E-state index contributed by atoms with van der Waals surface area (Å²) >= 11 is 1.44. The number of likely N-dealkylation sites (tertiary alicyclic amines) is 1. The minimum absolute atomic E-state index is 0.0260. The lowest BCUT2D eigenvalue weighted by Gasteiger charge is -2.23. The van der Waals surface area contributed by atoms with Crippen LogP contribution in [0.3, 0.4) is 0 Å². The van der Waals surface area contributed by atoms with Crippen LogP contribution in [0.2, 0.25) is 0 Å². The van der Waals surface area contributed by atoms with E-state index in [9.17, 15) is 14.7 Å². The predicted octanol–water partition coefficient (Wildman–Crippen LogP) is 3.91. The minimum Gasteiger partial charge on any atom is -0.507 e. The zero-order valence-corrected chi connectivity index (χ0v) is 17.8. The maximum absolute atomic E-state index is 12.8. The second kappa shape index (κ2) is 8.80. The molecular weight excluding hydrogens is 390 g/mol. The third-order valence-corrected chi connectivity index (χ3v) is 5.62. The average molecular weight is 416 g/mol. The molecular formula is C22H25NO5S. The predicted molar refractivity (Wildman–Crippen MR) is 112 cm³/mol. The highest BCUT2D eigenvalue weighted by Crippen LogP contribution is 2.41. The Labute approximate surface area is 174 Å². The Morgan fingerprint density at radius 2 is 2.03 bits per heavy atom. The molecule has 1 atom stereocenters. The van der Waals surface area contributed by atoms with Crippen LogP contribution in [0, 0.1) is 6.92 Å². The molecule has 1 amide bonds. The summed E-state index contributed by atoms with van der Waals surface area (Å²) in [5.74, 6) is -0.775. The van der Waals surface area contributed by atoms with Gasteiger partial charge in [-0.2, -0.15) is 0 Å². The monoisotopic (exact) mass is 415 g/mol. The molecule has 3 rings (SSSR count). The number of rotatable bonds is 7. The molecule has 0 aliphatic carbocycles. The van der Waals surface area contributed by atoms with E-state index in [2.05, 4.69) is 0 Å². The van der Waals surface area contributed by atoms with E-state index in [0.29, 0.717) is 17.9 Å². The van der Waals surface area contributed by atoms with Gasteiger partial charge in [0, 0.05) is 24.1 Å². The number of ether oxygens (including phenoxy) is 2. The number of aliphatic hydroxyl groups is 1. The van der Waals surface area contributed by atoms with Crippen molar-refractivity contribution >= 4 is 28.8 Å². The first-order valence-electron chi connectivity index (χ1n) is 9.43. The third-order valence-electron chi connectivity index (χ3n) is 4.70. The minimum atomic E-state index is -0.683. The van der Waals surface area contributed by atoms with Crippen molar-refractivity contribution in [1.82, 2.24) is 4.90 Å². The van der Waals surface area contributed by atoms with Crippen molar-refractivity contribution in [2.24, 2.45) is 0 Å². The second-order valence-corrected chi connectivity index (χ2v) is 8.13. The Balaban J connectivity index is 2.07. The van der Waals surface area contributed by atoms with E-state index in [0.717, 1.165) is 10.4 Å². The van der Waals surface area contributed by atoms with Gasteiger partial charge in [-0.3, -0.25) is 9.59 Å². The number of hydrogen-bond acceptors (Lipinski definition) is 6. The maximum atomic E-state index is 12.8. The molecule has 1 saturated heterocycles. The molecule has 0 radical (unpaired) electrons. The van der Waals surface area contributed by atoms with E-state index in [-0.39, 0.29) is 24.0 Å². The molecule has 1 N–H and O–H groups in total. The van der Waals surface area contributed by atoms with Gasteiger partial charge in [0.1, 0.15) is 11.5 Å². The lowest BCUT2D eigenvalue weighted by Crippen LogP contribution is -2.32. The van der Waals surface area contributed by atoms with Gasteiger partial charge in [0.2, 0.25) is 0 Å². The Bertz CT molecular complexity index is 933. The second-order valence-electron chi connectivity index (χ2n) is 7.15. The van der Waals surface area contributed by atoms with Gasteiger partial charge in [0.15, 0.2) is 0 Å². The molecule has 7 heteroatoms. The van der Waals surface area contributed by atoms with Crippen molar-refractivity contribution in [3.63, 3.8) is 0 Å². The molecule has 154 valence electrons. The van der Waals surface area contributed by atoms with Crippen LogP contribution in [0.15, 0.2) is 41.3 Å². The zero-order chi connectivity index (χ0) is 21.1. The van der Waals surface area contributed by atoms with Gasteiger partial charge in [-0.1, -0.05) is 6.07 Å². The molecule has 0 saturated carbocycles. The van der Waals surface area contributed by atoms with Crippen LogP contribution in [0.4, 0.5) is 0 Å². The first-order valence-corrected chi connectivity index (χ1v) is 10.3. The van der Waals surface area contributed by atoms with Crippen LogP contribution in [-0.4, -0.2) is 48.1 Å². The number of Topliss-reactive ketones (excluding diaryl/α,β-unsaturated/α-hetero) is 1. The van der Waals surface area contributed by atoms with Gasteiger partial charge < -0.3 is 19.5 Å². The largest absolute Gasteiger partial charge is 0.507 e. The highest BCUT2D eigenvalue weighted by Gasteiger charge is 2.46. The summed E-state index contributed by atoms with van der Waals surface area (Å²) < 4.78 is 10.8. The number of ketones is 1. The molecule has 29 heavy (non-hydrogen) atoms. The number of aliphatic hydroxyl groups excluding tert-OH is 1. The summed E-state index contributed by atoms with van der Waals surface area (Å²) in [4.78, 5) is 27.8. The Morgan fingerprint density at radius 3 is 2.62 bits per heavy atom. The van der Waals surface area contributed by atoms with E-state index in [1.54, 1.807) is 25.3 Å². The summed E-state index contributed by atoms with van der Waals surface area (Å²) in [6.07, 6.45) is 0.0260. The fourth-order valence-electron chi connectivity index (χ4n) is 3.38. The number of methoxy groups -OCH3 is 1. The third kappa shape index (κ3) is 4.21. The van der Waals surface area contributed by atoms with Crippen LogP contribution in [-0.2, 0) is 14.3 Å². The standard InChI is InChI=1S/C22H25NO5S/c1-13(2)28-16-8-7-15(12-14(16)3)20(24)18-19(17-6-5-11-29-17)23(9-10-27-4)22(26)21(18)25/h5-8,11-13,19,24H,9-10H2,1-4H3/b20-18+/t19-/m0/s1. The van der Waals surface area contributed by atoms with Gasteiger partial charge in [-0.05, 0) is 56.0 Å². The van der Waals surface area contributed by atoms with Crippen molar-refractivity contribution in [1.29, 1.82) is 0 Å². The van der Waals surface area contributed by atoms with Crippen molar-refractivity contribution in [2.75, 3.05) is 20.3 Å². The van der Waals surface area contributed by atoms with Gasteiger partial charge in [-0.15, -0.1) is 11.3 Å². The number of carbonyl (C=O) groups excluding carboxylic acids is 2. The number of nitrogens with zero attached hydrogens (tertiary/aromatic N) is 1. The summed E-state index contributed by atoms with van der Waals surface area (Å²) in [5.41, 5.74) is 1.42. The first kappa shape index (κ1) is 21.1. The Hall–Kier alpha value is -2.64. The SMILES string of the molecule is COCCN1C(=O)C(=O)/C(=C(/O)c2ccc(OC(C)C)c(C)c2)[C@@H]1c1cccs1. The number of benzene rings is 1. The molecule has 2 heterocycles. The molecule has 0 spiro atoms. The topological polar surface area (TPSA) is 76.1 Å². The molecule has 1 aromatic heterocycles. The van der Waals surface area contributed by atoms with Crippen molar-refractivity contribution in [3.05, 3.63) is 57.3 Å². The van der Waals surface area contributed by atoms with Crippen LogP contribution in [0.1, 0.15) is 35.9 Å². The van der Waals surface area contributed by atoms with Gasteiger partial charge in [0.05, 0.1) is 24.3 Å². The van der Waals surface area contributed by atoms with E-state index >= 15 is 0 Å². The van der Waals surface area contributed by atoms with Gasteiger partial charge >= 0.3 is 0 Å². The van der Waals surface area contributed by atoms with Crippen molar-refractivity contribution < 1.29 is 24.2 Å². The highest BCUT2D eigenvalue weighted by molar-refractivity contribution is 7.10. The summed E-state index contributed by atoms with van der Waals surface area (Å²) in [6, 6.07) is 8.33. The summed E-state index contributed by atoms with van der Waals surface area (Å²) in [6.45, 7) is 6.32. The number of thiophene rings is 1. The molecule has 0 unspecified atom stereocenters. The summed E-state index contributed by atoms with van der Waals surface area (Å²) in [5, 5.41) is 12.9. The van der Waals surface area contributed by atoms with Crippen LogP contribution < -0.4 is 4.74 Å². The normalized spacial score (nSPS) is 18.7. The molecule has 2 aromatic rings.